The number of hydrogen-bond acceptors (Lipinski definition) is 2. The van der Waals surface area contributed by atoms with E-state index < -0.39 is 0 Å². The van der Waals surface area contributed by atoms with Crippen LogP contribution in [-0.4, -0.2) is 15.8 Å². The lowest BCUT2D eigenvalue weighted by Crippen LogP contribution is -2.02. The molecule has 23 heavy (non-hydrogen) atoms. The van der Waals surface area contributed by atoms with Crippen LogP contribution in [0.4, 0.5) is 0 Å². The second-order valence-corrected chi connectivity index (χ2v) is 5.74. The van der Waals surface area contributed by atoms with Crippen molar-refractivity contribution in [3.05, 3.63) is 77.6 Å². The normalized spacial score (nSPS) is 11.2. The van der Waals surface area contributed by atoms with Gasteiger partial charge in [0, 0.05) is 22.8 Å². The SMILES string of the molecule is Cc1nc(C=O)cc2c3ccccc3n(Cc3ccccc3)c12. The van der Waals surface area contributed by atoms with Gasteiger partial charge >= 0.3 is 0 Å². The van der Waals surface area contributed by atoms with Crippen molar-refractivity contribution >= 4 is 28.1 Å². The standard InChI is InChI=1S/C20H16N2O/c1-14-20-18(11-16(13-23)21-14)17-9-5-6-10-19(17)22(20)12-15-7-3-2-4-8-15/h2-11,13H,12H2,1H3. The summed E-state index contributed by atoms with van der Waals surface area (Å²) in [5.74, 6) is 0. The van der Waals surface area contributed by atoms with Gasteiger partial charge in [0.25, 0.3) is 0 Å². The summed E-state index contributed by atoms with van der Waals surface area (Å²) in [7, 11) is 0. The third-order valence-electron chi connectivity index (χ3n) is 4.25. The summed E-state index contributed by atoms with van der Waals surface area (Å²) < 4.78 is 2.29. The van der Waals surface area contributed by atoms with E-state index in [1.807, 2.05) is 31.2 Å². The van der Waals surface area contributed by atoms with Crippen LogP contribution >= 0.6 is 0 Å². The number of nitrogens with zero attached hydrogens (tertiary/aromatic N) is 2. The second kappa shape index (κ2) is 5.36. The van der Waals surface area contributed by atoms with Gasteiger partial charge in [-0.1, -0.05) is 48.5 Å². The summed E-state index contributed by atoms with van der Waals surface area (Å²) in [6.07, 6.45) is 0.815. The smallest absolute Gasteiger partial charge is 0.168 e. The molecule has 0 fully saturated rings. The highest BCUT2D eigenvalue weighted by molar-refractivity contribution is 6.09. The molecule has 2 aromatic heterocycles. The van der Waals surface area contributed by atoms with Crippen molar-refractivity contribution in [2.24, 2.45) is 0 Å². The third-order valence-corrected chi connectivity index (χ3v) is 4.25. The van der Waals surface area contributed by atoms with Crippen molar-refractivity contribution in [2.75, 3.05) is 0 Å². The number of fused-ring (bicyclic) bond motifs is 3. The van der Waals surface area contributed by atoms with Gasteiger partial charge in [-0.25, -0.2) is 4.98 Å². The quantitative estimate of drug-likeness (QED) is 0.527. The van der Waals surface area contributed by atoms with E-state index in [4.69, 9.17) is 0 Å². The monoisotopic (exact) mass is 300 g/mol. The lowest BCUT2D eigenvalue weighted by molar-refractivity contribution is 0.111. The highest BCUT2D eigenvalue weighted by Gasteiger charge is 2.14. The van der Waals surface area contributed by atoms with Crippen molar-refractivity contribution in [2.45, 2.75) is 13.5 Å². The first kappa shape index (κ1) is 13.7. The zero-order valence-electron chi connectivity index (χ0n) is 12.9. The molecule has 0 N–H and O–H groups in total. The van der Waals surface area contributed by atoms with Crippen molar-refractivity contribution < 1.29 is 4.79 Å². The van der Waals surface area contributed by atoms with E-state index in [2.05, 4.69) is 45.9 Å². The van der Waals surface area contributed by atoms with Crippen LogP contribution in [0.1, 0.15) is 21.7 Å². The molecule has 3 heteroatoms. The van der Waals surface area contributed by atoms with E-state index in [-0.39, 0.29) is 0 Å². The van der Waals surface area contributed by atoms with E-state index in [0.717, 1.165) is 34.8 Å². The molecule has 2 heterocycles. The fraction of sp³-hybridized carbons (Fsp3) is 0.100. The average molecular weight is 300 g/mol. The predicted molar refractivity (Wildman–Crippen MR) is 92.9 cm³/mol. The van der Waals surface area contributed by atoms with E-state index in [0.29, 0.717) is 5.69 Å². The fourth-order valence-corrected chi connectivity index (χ4v) is 3.28. The zero-order valence-corrected chi connectivity index (χ0v) is 12.9. The van der Waals surface area contributed by atoms with E-state index in [1.165, 1.54) is 11.1 Å². The van der Waals surface area contributed by atoms with Crippen LogP contribution in [0.15, 0.2) is 60.7 Å². The van der Waals surface area contributed by atoms with Gasteiger partial charge in [0.05, 0.1) is 11.2 Å². The molecule has 0 unspecified atom stereocenters. The number of carbonyl (C=O) groups excluding carboxylic acids is 1. The first-order chi connectivity index (χ1) is 11.3. The Bertz CT molecular complexity index is 1020. The number of carbonyl (C=O) groups is 1. The highest BCUT2D eigenvalue weighted by atomic mass is 16.1. The molecular formula is C20H16N2O. The van der Waals surface area contributed by atoms with Crippen molar-refractivity contribution in [1.29, 1.82) is 0 Å². The Kier molecular flexibility index (Phi) is 3.19. The van der Waals surface area contributed by atoms with E-state index in [9.17, 15) is 4.79 Å². The minimum absolute atomic E-state index is 0.484. The second-order valence-electron chi connectivity index (χ2n) is 5.74. The van der Waals surface area contributed by atoms with Crippen LogP contribution in [0.25, 0.3) is 21.8 Å². The highest BCUT2D eigenvalue weighted by Crippen LogP contribution is 2.31. The molecule has 2 aromatic carbocycles. The first-order valence-corrected chi connectivity index (χ1v) is 7.65. The van der Waals surface area contributed by atoms with Gasteiger partial charge in [-0.2, -0.15) is 0 Å². The Morgan fingerprint density at radius 3 is 2.52 bits per heavy atom. The lowest BCUT2D eigenvalue weighted by Gasteiger charge is -2.09. The van der Waals surface area contributed by atoms with Crippen LogP contribution < -0.4 is 0 Å². The minimum Gasteiger partial charge on any atom is -0.334 e. The average Bonchev–Trinajstić information content (AvgIpc) is 2.90. The molecule has 0 bridgehead atoms. The summed E-state index contributed by atoms with van der Waals surface area (Å²) in [5, 5.41) is 2.25. The molecule has 0 saturated carbocycles. The van der Waals surface area contributed by atoms with Gasteiger partial charge in [-0.3, -0.25) is 4.79 Å². The number of aldehydes is 1. The molecule has 0 amide bonds. The Morgan fingerprint density at radius 1 is 1.00 bits per heavy atom. The summed E-state index contributed by atoms with van der Waals surface area (Å²) in [6, 6.07) is 20.6. The van der Waals surface area contributed by atoms with Crippen molar-refractivity contribution in [1.82, 2.24) is 9.55 Å². The van der Waals surface area contributed by atoms with Crippen LogP contribution in [-0.2, 0) is 6.54 Å². The topological polar surface area (TPSA) is 34.9 Å². The van der Waals surface area contributed by atoms with Gasteiger partial charge < -0.3 is 4.57 Å². The molecule has 0 aliphatic rings. The summed E-state index contributed by atoms with van der Waals surface area (Å²) in [4.78, 5) is 15.6. The number of benzene rings is 2. The molecule has 112 valence electrons. The number of hydrogen-bond donors (Lipinski definition) is 0. The molecule has 4 rings (SSSR count). The van der Waals surface area contributed by atoms with Crippen LogP contribution in [0.2, 0.25) is 0 Å². The Hall–Kier alpha value is -2.94. The number of rotatable bonds is 3. The summed E-state index contributed by atoms with van der Waals surface area (Å²) >= 11 is 0. The van der Waals surface area contributed by atoms with Crippen LogP contribution in [0.5, 0.6) is 0 Å². The van der Waals surface area contributed by atoms with E-state index in [1.54, 1.807) is 0 Å². The number of aryl methyl sites for hydroxylation is 1. The molecule has 0 atom stereocenters. The number of pyridine rings is 1. The van der Waals surface area contributed by atoms with Gasteiger partial charge in [-0.15, -0.1) is 0 Å². The Balaban J connectivity index is 2.06. The predicted octanol–water partition coefficient (Wildman–Crippen LogP) is 4.36. The number of aromatic nitrogens is 2. The van der Waals surface area contributed by atoms with E-state index >= 15 is 0 Å². The molecular weight excluding hydrogens is 284 g/mol. The lowest BCUT2D eigenvalue weighted by atomic mass is 10.1. The maximum absolute atomic E-state index is 11.2. The molecule has 0 radical (unpaired) electrons. The molecule has 4 aromatic rings. The Labute approximate surface area is 134 Å². The third kappa shape index (κ3) is 2.21. The van der Waals surface area contributed by atoms with Crippen molar-refractivity contribution in [3.8, 4) is 0 Å². The zero-order chi connectivity index (χ0) is 15.8. The molecule has 0 spiro atoms. The maximum Gasteiger partial charge on any atom is 0.168 e. The van der Waals surface area contributed by atoms with Gasteiger partial charge in [0.2, 0.25) is 0 Å². The van der Waals surface area contributed by atoms with Crippen LogP contribution in [0, 0.1) is 6.92 Å². The van der Waals surface area contributed by atoms with Gasteiger partial charge in [0.15, 0.2) is 6.29 Å². The summed E-state index contributed by atoms with van der Waals surface area (Å²) in [6.45, 7) is 2.75. The molecule has 0 aliphatic carbocycles. The Morgan fingerprint density at radius 2 is 1.74 bits per heavy atom. The largest absolute Gasteiger partial charge is 0.334 e. The van der Waals surface area contributed by atoms with Crippen LogP contribution in [0.3, 0.4) is 0 Å². The van der Waals surface area contributed by atoms with Crippen molar-refractivity contribution in [3.63, 3.8) is 0 Å². The molecule has 0 saturated heterocycles. The fourth-order valence-electron chi connectivity index (χ4n) is 3.28. The first-order valence-electron chi connectivity index (χ1n) is 7.65. The summed E-state index contributed by atoms with van der Waals surface area (Å²) in [5.41, 5.74) is 4.88. The van der Waals surface area contributed by atoms with Gasteiger partial charge in [0.1, 0.15) is 5.69 Å². The minimum atomic E-state index is 0.484. The number of para-hydroxylation sites is 1. The van der Waals surface area contributed by atoms with Gasteiger partial charge in [-0.05, 0) is 24.6 Å². The molecule has 0 aliphatic heterocycles. The molecule has 3 nitrogen and oxygen atoms in total. The maximum atomic E-state index is 11.2.